The Labute approximate surface area is 121 Å². The minimum absolute atomic E-state index is 0.172. The van der Waals surface area contributed by atoms with Crippen LogP contribution >= 0.6 is 0 Å². The van der Waals surface area contributed by atoms with Gasteiger partial charge in [0, 0.05) is 18.6 Å². The maximum atomic E-state index is 10.7. The number of fused-ring (bicyclic) bond motifs is 1. The third-order valence-corrected chi connectivity index (χ3v) is 5.11. The largest absolute Gasteiger partial charge is 0.391 e. The van der Waals surface area contributed by atoms with Crippen molar-refractivity contribution >= 4 is 0 Å². The molecule has 3 nitrogen and oxygen atoms in total. The second kappa shape index (κ2) is 5.47. The highest BCUT2D eigenvalue weighted by Gasteiger charge is 2.38. The standard InChI is InChI=1S/C17H25NO2/c1-17(2,18-7-9-20-10-8-18)16(19)12-14-11-13-5-3-4-6-15(13)14/h3-6,14,16,19H,7-12H2,1-2H3. The van der Waals surface area contributed by atoms with Crippen LogP contribution in [0.3, 0.4) is 0 Å². The topological polar surface area (TPSA) is 32.7 Å². The SMILES string of the molecule is CC(C)(C(O)CC1Cc2ccccc21)N1CCOCC1. The van der Waals surface area contributed by atoms with Gasteiger partial charge in [0.05, 0.1) is 19.3 Å². The number of hydrogen-bond donors (Lipinski definition) is 1. The van der Waals surface area contributed by atoms with Crippen molar-refractivity contribution in [2.75, 3.05) is 26.3 Å². The van der Waals surface area contributed by atoms with Crippen molar-refractivity contribution in [2.45, 2.75) is 44.2 Å². The molecule has 1 N–H and O–H groups in total. The van der Waals surface area contributed by atoms with Crippen molar-refractivity contribution < 1.29 is 9.84 Å². The summed E-state index contributed by atoms with van der Waals surface area (Å²) in [7, 11) is 0. The maximum Gasteiger partial charge on any atom is 0.0724 e. The molecule has 0 bridgehead atoms. The van der Waals surface area contributed by atoms with Gasteiger partial charge in [-0.25, -0.2) is 0 Å². The number of aliphatic hydroxyl groups excluding tert-OH is 1. The van der Waals surface area contributed by atoms with Gasteiger partial charge in [-0.15, -0.1) is 0 Å². The molecule has 1 fully saturated rings. The zero-order valence-electron chi connectivity index (χ0n) is 12.5. The van der Waals surface area contributed by atoms with Crippen LogP contribution in [0, 0.1) is 0 Å². The molecule has 20 heavy (non-hydrogen) atoms. The fourth-order valence-electron chi connectivity index (χ4n) is 3.48. The molecule has 1 aliphatic heterocycles. The molecule has 2 unspecified atom stereocenters. The van der Waals surface area contributed by atoms with Crippen LogP contribution in [0.5, 0.6) is 0 Å². The van der Waals surface area contributed by atoms with Crippen LogP contribution in [0.2, 0.25) is 0 Å². The minimum Gasteiger partial charge on any atom is -0.391 e. The summed E-state index contributed by atoms with van der Waals surface area (Å²) in [6.45, 7) is 7.72. The van der Waals surface area contributed by atoms with Gasteiger partial charge in [-0.1, -0.05) is 24.3 Å². The van der Waals surface area contributed by atoms with Gasteiger partial charge in [-0.2, -0.15) is 0 Å². The van der Waals surface area contributed by atoms with Crippen molar-refractivity contribution in [3.63, 3.8) is 0 Å². The molecule has 0 aromatic heterocycles. The first kappa shape index (κ1) is 14.1. The summed E-state index contributed by atoms with van der Waals surface area (Å²) in [6.07, 6.45) is 1.69. The first-order valence-electron chi connectivity index (χ1n) is 7.67. The Morgan fingerprint density at radius 1 is 1.30 bits per heavy atom. The number of ether oxygens (including phenoxy) is 1. The first-order chi connectivity index (χ1) is 9.59. The second-order valence-corrected chi connectivity index (χ2v) is 6.60. The molecule has 1 heterocycles. The van der Waals surface area contributed by atoms with E-state index in [2.05, 4.69) is 43.0 Å². The zero-order chi connectivity index (χ0) is 14.2. The molecule has 0 radical (unpaired) electrons. The van der Waals surface area contributed by atoms with Crippen molar-refractivity contribution in [1.29, 1.82) is 0 Å². The molecule has 1 aromatic carbocycles. The van der Waals surface area contributed by atoms with Gasteiger partial charge in [0.15, 0.2) is 0 Å². The lowest BCUT2D eigenvalue weighted by molar-refractivity contribution is -0.0660. The highest BCUT2D eigenvalue weighted by atomic mass is 16.5. The molecule has 1 saturated heterocycles. The van der Waals surface area contributed by atoms with Crippen LogP contribution in [-0.4, -0.2) is 48.0 Å². The molecular weight excluding hydrogens is 250 g/mol. The Balaban J connectivity index is 1.63. The summed E-state index contributed by atoms with van der Waals surface area (Å²) in [5.41, 5.74) is 2.71. The van der Waals surface area contributed by atoms with Crippen LogP contribution in [0.25, 0.3) is 0 Å². The number of rotatable bonds is 4. The molecule has 3 heteroatoms. The lowest BCUT2D eigenvalue weighted by Crippen LogP contribution is -2.56. The third-order valence-electron chi connectivity index (χ3n) is 5.11. The highest BCUT2D eigenvalue weighted by molar-refractivity contribution is 5.40. The molecule has 1 aliphatic carbocycles. The Morgan fingerprint density at radius 3 is 2.70 bits per heavy atom. The summed E-state index contributed by atoms with van der Waals surface area (Å²) in [5.74, 6) is 0.529. The van der Waals surface area contributed by atoms with Gasteiger partial charge in [-0.3, -0.25) is 4.90 Å². The summed E-state index contributed by atoms with van der Waals surface area (Å²) in [5, 5.41) is 10.7. The molecule has 0 spiro atoms. The fourth-order valence-corrected chi connectivity index (χ4v) is 3.48. The fraction of sp³-hybridized carbons (Fsp3) is 0.647. The predicted molar refractivity (Wildman–Crippen MR) is 80.0 cm³/mol. The van der Waals surface area contributed by atoms with Gasteiger partial charge in [-0.05, 0) is 43.7 Å². The molecule has 2 atom stereocenters. The van der Waals surface area contributed by atoms with E-state index in [1.807, 2.05) is 0 Å². The number of nitrogens with zero attached hydrogens (tertiary/aromatic N) is 1. The second-order valence-electron chi connectivity index (χ2n) is 6.60. The summed E-state index contributed by atoms with van der Waals surface area (Å²) in [6, 6.07) is 8.61. The van der Waals surface area contributed by atoms with E-state index in [1.165, 1.54) is 11.1 Å². The Morgan fingerprint density at radius 2 is 2.00 bits per heavy atom. The van der Waals surface area contributed by atoms with E-state index in [0.29, 0.717) is 5.92 Å². The predicted octanol–water partition coefficient (Wildman–Crippen LogP) is 2.19. The highest BCUT2D eigenvalue weighted by Crippen LogP contribution is 2.40. The monoisotopic (exact) mass is 275 g/mol. The number of aliphatic hydroxyl groups is 1. The van der Waals surface area contributed by atoms with E-state index in [1.54, 1.807) is 0 Å². The van der Waals surface area contributed by atoms with Crippen LogP contribution in [-0.2, 0) is 11.2 Å². The van der Waals surface area contributed by atoms with E-state index < -0.39 is 0 Å². The Kier molecular flexibility index (Phi) is 3.85. The molecule has 110 valence electrons. The van der Waals surface area contributed by atoms with Gasteiger partial charge < -0.3 is 9.84 Å². The summed E-state index contributed by atoms with van der Waals surface area (Å²) < 4.78 is 5.41. The molecule has 0 amide bonds. The number of hydrogen-bond acceptors (Lipinski definition) is 3. The maximum absolute atomic E-state index is 10.7. The van der Waals surface area contributed by atoms with Crippen molar-refractivity contribution in [3.8, 4) is 0 Å². The van der Waals surface area contributed by atoms with Crippen LogP contribution in [0.15, 0.2) is 24.3 Å². The van der Waals surface area contributed by atoms with Crippen LogP contribution in [0.4, 0.5) is 0 Å². The minimum atomic E-state index is -0.293. The lowest BCUT2D eigenvalue weighted by atomic mass is 9.72. The third kappa shape index (κ3) is 2.50. The van der Waals surface area contributed by atoms with Gasteiger partial charge in [0.1, 0.15) is 0 Å². The molecule has 0 saturated carbocycles. The molecule has 1 aromatic rings. The lowest BCUT2D eigenvalue weighted by Gasteiger charge is -2.45. The molecule has 2 aliphatic rings. The van der Waals surface area contributed by atoms with Gasteiger partial charge in [0.2, 0.25) is 0 Å². The number of benzene rings is 1. The first-order valence-corrected chi connectivity index (χ1v) is 7.67. The molecular formula is C17H25NO2. The average molecular weight is 275 g/mol. The Bertz CT molecular complexity index is 466. The number of morpholine rings is 1. The van der Waals surface area contributed by atoms with E-state index in [4.69, 9.17) is 4.74 Å². The molecule has 3 rings (SSSR count). The van der Waals surface area contributed by atoms with Crippen molar-refractivity contribution in [2.24, 2.45) is 0 Å². The summed E-state index contributed by atoms with van der Waals surface area (Å²) in [4.78, 5) is 2.37. The van der Waals surface area contributed by atoms with E-state index in [0.717, 1.165) is 39.1 Å². The Hall–Kier alpha value is -0.900. The van der Waals surface area contributed by atoms with Crippen LogP contribution in [0.1, 0.15) is 37.3 Å². The van der Waals surface area contributed by atoms with Crippen molar-refractivity contribution in [3.05, 3.63) is 35.4 Å². The average Bonchev–Trinajstić information content (AvgIpc) is 2.45. The smallest absolute Gasteiger partial charge is 0.0724 e. The van der Waals surface area contributed by atoms with Crippen molar-refractivity contribution in [1.82, 2.24) is 4.90 Å². The summed E-state index contributed by atoms with van der Waals surface area (Å²) >= 11 is 0. The quantitative estimate of drug-likeness (QED) is 0.914. The van der Waals surface area contributed by atoms with E-state index >= 15 is 0 Å². The zero-order valence-corrected chi connectivity index (χ0v) is 12.5. The van der Waals surface area contributed by atoms with Crippen LogP contribution < -0.4 is 0 Å². The van der Waals surface area contributed by atoms with E-state index in [-0.39, 0.29) is 11.6 Å². The van der Waals surface area contributed by atoms with E-state index in [9.17, 15) is 5.11 Å². The normalized spacial score (nSPS) is 24.9. The van der Waals surface area contributed by atoms with Gasteiger partial charge in [0.25, 0.3) is 0 Å². The van der Waals surface area contributed by atoms with Gasteiger partial charge >= 0.3 is 0 Å².